The van der Waals surface area contributed by atoms with Crippen molar-refractivity contribution in [2.45, 2.75) is 52.0 Å². The van der Waals surface area contributed by atoms with Crippen LogP contribution in [0.25, 0.3) is 0 Å². The van der Waals surface area contributed by atoms with Crippen molar-refractivity contribution in [2.75, 3.05) is 39.3 Å². The van der Waals surface area contributed by atoms with Crippen LogP contribution < -0.4 is 0 Å². The highest BCUT2D eigenvalue weighted by Gasteiger charge is 2.43. The van der Waals surface area contributed by atoms with Gasteiger partial charge in [-0.25, -0.2) is 0 Å². The number of carbonyl (C=O) groups is 2. The average Bonchev–Trinajstić information content (AvgIpc) is 3.07. The summed E-state index contributed by atoms with van der Waals surface area (Å²) in [5, 5.41) is 0. The zero-order valence-electron chi connectivity index (χ0n) is 17.2. The standard InChI is InChI=1S/C23H33N3O2/c1-19-6-4-7-20(14-19)15-24-11-5-9-23(17-24)10-13-26(18-23)22(28)16-25-12-3-2-8-21(25)27/h4,6-7,14H,2-3,5,8-13,15-18H2,1H3/t23-/m0/s1. The lowest BCUT2D eigenvalue weighted by Crippen LogP contribution is -2.47. The molecule has 0 N–H and O–H groups in total. The molecule has 3 fully saturated rings. The second-order valence-electron chi connectivity index (χ2n) is 9.14. The third kappa shape index (κ3) is 4.40. The Kier molecular flexibility index (Phi) is 5.72. The Morgan fingerprint density at radius 2 is 1.96 bits per heavy atom. The van der Waals surface area contributed by atoms with Crippen LogP contribution in [0.1, 0.15) is 49.7 Å². The van der Waals surface area contributed by atoms with Crippen LogP contribution in [0.3, 0.4) is 0 Å². The van der Waals surface area contributed by atoms with Gasteiger partial charge in [-0.2, -0.15) is 0 Å². The lowest BCUT2D eigenvalue weighted by molar-refractivity contribution is -0.141. The molecule has 0 bridgehead atoms. The first-order valence-electron chi connectivity index (χ1n) is 10.9. The normalized spacial score (nSPS) is 26.2. The van der Waals surface area contributed by atoms with Crippen LogP contribution in [0.15, 0.2) is 24.3 Å². The lowest BCUT2D eigenvalue weighted by atomic mass is 9.79. The van der Waals surface area contributed by atoms with Crippen molar-refractivity contribution in [2.24, 2.45) is 5.41 Å². The number of likely N-dealkylation sites (tertiary alicyclic amines) is 3. The Labute approximate surface area is 168 Å². The number of carbonyl (C=O) groups excluding carboxylic acids is 2. The van der Waals surface area contributed by atoms with Crippen molar-refractivity contribution in [3.05, 3.63) is 35.4 Å². The predicted octanol–water partition coefficient (Wildman–Crippen LogP) is 2.82. The van der Waals surface area contributed by atoms with Crippen molar-refractivity contribution in [1.29, 1.82) is 0 Å². The number of nitrogens with zero attached hydrogens (tertiary/aromatic N) is 3. The Bertz CT molecular complexity index is 734. The van der Waals surface area contributed by atoms with Gasteiger partial charge in [0.15, 0.2) is 0 Å². The zero-order chi connectivity index (χ0) is 19.6. The molecule has 4 rings (SSSR count). The molecule has 3 heterocycles. The number of amides is 2. The molecule has 0 saturated carbocycles. The molecule has 1 aromatic rings. The smallest absolute Gasteiger partial charge is 0.242 e. The Morgan fingerprint density at radius 1 is 1.07 bits per heavy atom. The van der Waals surface area contributed by atoms with E-state index in [0.29, 0.717) is 6.42 Å². The minimum Gasteiger partial charge on any atom is -0.341 e. The molecule has 3 saturated heterocycles. The minimum atomic E-state index is 0.142. The van der Waals surface area contributed by atoms with E-state index in [4.69, 9.17) is 0 Å². The fraction of sp³-hybridized carbons (Fsp3) is 0.652. The van der Waals surface area contributed by atoms with Crippen LogP contribution in [0.4, 0.5) is 0 Å². The largest absolute Gasteiger partial charge is 0.341 e. The summed E-state index contributed by atoms with van der Waals surface area (Å²) < 4.78 is 0. The van der Waals surface area contributed by atoms with Gasteiger partial charge in [0.05, 0.1) is 6.54 Å². The highest BCUT2D eigenvalue weighted by Crippen LogP contribution is 2.39. The summed E-state index contributed by atoms with van der Waals surface area (Å²) >= 11 is 0. The van der Waals surface area contributed by atoms with Crippen molar-refractivity contribution >= 4 is 11.8 Å². The molecule has 3 aliphatic heterocycles. The number of rotatable bonds is 4. The molecule has 0 aliphatic carbocycles. The average molecular weight is 384 g/mol. The van der Waals surface area contributed by atoms with E-state index in [1.165, 1.54) is 24.0 Å². The number of benzene rings is 1. The molecular formula is C23H33N3O2. The molecule has 1 atom stereocenters. The van der Waals surface area contributed by atoms with E-state index in [1.54, 1.807) is 4.90 Å². The number of piperidine rings is 2. The van der Waals surface area contributed by atoms with Crippen molar-refractivity contribution in [3.63, 3.8) is 0 Å². The van der Waals surface area contributed by atoms with Crippen LogP contribution in [0.5, 0.6) is 0 Å². The van der Waals surface area contributed by atoms with Crippen LogP contribution in [0.2, 0.25) is 0 Å². The monoisotopic (exact) mass is 383 g/mol. The first kappa shape index (κ1) is 19.4. The van der Waals surface area contributed by atoms with Gasteiger partial charge in [0.25, 0.3) is 0 Å². The summed E-state index contributed by atoms with van der Waals surface area (Å²) in [5.74, 6) is 0.290. The molecule has 28 heavy (non-hydrogen) atoms. The highest BCUT2D eigenvalue weighted by atomic mass is 16.2. The summed E-state index contributed by atoms with van der Waals surface area (Å²) in [6.45, 7) is 8.10. The fourth-order valence-electron chi connectivity index (χ4n) is 5.29. The summed E-state index contributed by atoms with van der Waals surface area (Å²) in [6.07, 6.45) is 6.11. The Hall–Kier alpha value is -1.88. The van der Waals surface area contributed by atoms with Gasteiger partial charge in [0, 0.05) is 44.6 Å². The molecule has 0 radical (unpaired) electrons. The number of aryl methyl sites for hydroxylation is 1. The van der Waals surface area contributed by atoms with Gasteiger partial charge in [-0.3, -0.25) is 14.5 Å². The van der Waals surface area contributed by atoms with E-state index in [-0.39, 0.29) is 23.8 Å². The molecule has 5 heteroatoms. The summed E-state index contributed by atoms with van der Waals surface area (Å²) in [7, 11) is 0. The van der Waals surface area contributed by atoms with E-state index in [0.717, 1.165) is 58.5 Å². The van der Waals surface area contributed by atoms with Gasteiger partial charge in [-0.05, 0) is 51.1 Å². The first-order valence-corrected chi connectivity index (χ1v) is 10.9. The summed E-state index contributed by atoms with van der Waals surface area (Å²) in [6, 6.07) is 8.78. The van der Waals surface area contributed by atoms with Crippen LogP contribution in [-0.4, -0.2) is 65.8 Å². The van der Waals surface area contributed by atoms with Crippen molar-refractivity contribution in [3.8, 4) is 0 Å². The second-order valence-corrected chi connectivity index (χ2v) is 9.14. The van der Waals surface area contributed by atoms with E-state index < -0.39 is 0 Å². The summed E-state index contributed by atoms with van der Waals surface area (Å²) in [4.78, 5) is 31.2. The molecule has 2 amide bonds. The quantitative estimate of drug-likeness (QED) is 0.803. The van der Waals surface area contributed by atoms with Gasteiger partial charge < -0.3 is 9.80 Å². The lowest BCUT2D eigenvalue weighted by Gasteiger charge is -2.40. The van der Waals surface area contributed by atoms with Gasteiger partial charge in [0.2, 0.25) is 11.8 Å². The minimum absolute atomic E-state index is 0.142. The van der Waals surface area contributed by atoms with Crippen LogP contribution in [0, 0.1) is 12.3 Å². The molecule has 1 aromatic carbocycles. The molecule has 0 unspecified atom stereocenters. The third-order valence-electron chi connectivity index (χ3n) is 6.77. The number of hydrogen-bond acceptors (Lipinski definition) is 3. The van der Waals surface area contributed by atoms with Crippen molar-refractivity contribution < 1.29 is 9.59 Å². The van der Waals surface area contributed by atoms with E-state index in [2.05, 4.69) is 36.1 Å². The zero-order valence-corrected chi connectivity index (χ0v) is 17.2. The van der Waals surface area contributed by atoms with Crippen LogP contribution in [-0.2, 0) is 16.1 Å². The maximum absolute atomic E-state index is 12.8. The third-order valence-corrected chi connectivity index (χ3v) is 6.77. The van der Waals surface area contributed by atoms with Gasteiger partial charge in [-0.1, -0.05) is 29.8 Å². The maximum Gasteiger partial charge on any atom is 0.242 e. The SMILES string of the molecule is Cc1cccc(CN2CCC[C@]3(CCN(C(=O)CN4CCCCC4=O)C3)C2)c1. The Balaban J connectivity index is 1.34. The van der Waals surface area contributed by atoms with Gasteiger partial charge in [0.1, 0.15) is 0 Å². The van der Waals surface area contributed by atoms with Gasteiger partial charge >= 0.3 is 0 Å². The van der Waals surface area contributed by atoms with E-state index in [1.807, 2.05) is 4.90 Å². The van der Waals surface area contributed by atoms with E-state index in [9.17, 15) is 9.59 Å². The topological polar surface area (TPSA) is 43.9 Å². The molecule has 1 spiro atoms. The fourth-order valence-corrected chi connectivity index (χ4v) is 5.29. The molecule has 3 aliphatic rings. The highest BCUT2D eigenvalue weighted by molar-refractivity contribution is 5.85. The van der Waals surface area contributed by atoms with Gasteiger partial charge in [-0.15, -0.1) is 0 Å². The number of hydrogen-bond donors (Lipinski definition) is 0. The molecular weight excluding hydrogens is 350 g/mol. The maximum atomic E-state index is 12.8. The summed E-state index contributed by atoms with van der Waals surface area (Å²) in [5.41, 5.74) is 2.93. The second kappa shape index (κ2) is 8.24. The molecule has 5 nitrogen and oxygen atoms in total. The van der Waals surface area contributed by atoms with Crippen molar-refractivity contribution in [1.82, 2.24) is 14.7 Å². The predicted molar refractivity (Wildman–Crippen MR) is 110 cm³/mol. The first-order chi connectivity index (χ1) is 13.5. The molecule has 0 aromatic heterocycles. The van der Waals surface area contributed by atoms with Crippen LogP contribution >= 0.6 is 0 Å². The Morgan fingerprint density at radius 3 is 2.79 bits per heavy atom. The molecule has 152 valence electrons. The van der Waals surface area contributed by atoms with E-state index >= 15 is 0 Å².